The number of carbonyl (C=O) groups excluding carboxylic acids is 1. The second-order valence-corrected chi connectivity index (χ2v) is 6.93. The van der Waals surface area contributed by atoms with E-state index in [9.17, 15) is 26.4 Å². The molecule has 0 aromatic heterocycles. The third-order valence-electron chi connectivity index (χ3n) is 2.74. The van der Waals surface area contributed by atoms with Gasteiger partial charge in [0.25, 0.3) is 9.05 Å². The smallest absolute Gasteiger partial charge is 0.397 e. The van der Waals surface area contributed by atoms with Crippen LogP contribution in [0.5, 0.6) is 5.75 Å². The molecule has 1 heterocycles. The highest BCUT2D eigenvalue weighted by Gasteiger charge is 2.34. The van der Waals surface area contributed by atoms with Crippen molar-refractivity contribution in [3.05, 3.63) is 23.8 Å². The molecule has 1 aliphatic heterocycles. The molecule has 5 nitrogen and oxygen atoms in total. The lowest BCUT2D eigenvalue weighted by Gasteiger charge is -2.13. The first-order chi connectivity index (χ1) is 9.56. The van der Waals surface area contributed by atoms with E-state index in [1.807, 2.05) is 0 Å². The van der Waals surface area contributed by atoms with E-state index in [1.165, 1.54) is 18.2 Å². The summed E-state index contributed by atoms with van der Waals surface area (Å²) >= 11 is 0. The predicted molar refractivity (Wildman–Crippen MR) is 66.5 cm³/mol. The van der Waals surface area contributed by atoms with Crippen molar-refractivity contribution < 1.29 is 31.1 Å². The zero-order valence-electron chi connectivity index (χ0n) is 10.3. The van der Waals surface area contributed by atoms with Crippen LogP contribution in [-0.4, -0.2) is 27.1 Å². The Morgan fingerprint density at radius 2 is 2.10 bits per heavy atom. The number of halogens is 4. The highest BCUT2D eigenvalue weighted by atomic mass is 35.7. The average Bonchev–Trinajstić information content (AvgIpc) is 2.68. The van der Waals surface area contributed by atoms with Gasteiger partial charge in [-0.1, -0.05) is 0 Å². The maximum absolute atomic E-state index is 12.1. The number of benzene rings is 1. The van der Waals surface area contributed by atoms with Crippen molar-refractivity contribution in [1.29, 1.82) is 0 Å². The molecule has 1 aliphatic rings. The first-order valence-electron chi connectivity index (χ1n) is 5.64. The normalized spacial score (nSPS) is 18.0. The van der Waals surface area contributed by atoms with Gasteiger partial charge in [-0.2, -0.15) is 13.2 Å². The molecule has 0 bridgehead atoms. The number of alkyl halides is 3. The number of ether oxygens (including phenoxy) is 1. The van der Waals surface area contributed by atoms with Crippen LogP contribution in [0.3, 0.4) is 0 Å². The summed E-state index contributed by atoms with van der Waals surface area (Å²) in [4.78, 5) is 11.1. The zero-order chi connectivity index (χ0) is 15.8. The summed E-state index contributed by atoms with van der Waals surface area (Å²) in [6, 6.07) is 2.86. The number of carbonyl (C=O) groups is 1. The fraction of sp³-hybridized carbons (Fsp3) is 0.364. The van der Waals surface area contributed by atoms with Crippen molar-refractivity contribution in [2.75, 3.05) is 6.61 Å². The minimum absolute atomic E-state index is 0.0787. The second-order valence-electron chi connectivity index (χ2n) is 4.36. The van der Waals surface area contributed by atoms with Crippen LogP contribution in [0.15, 0.2) is 23.1 Å². The molecule has 0 saturated heterocycles. The van der Waals surface area contributed by atoms with Gasteiger partial charge in [-0.15, -0.1) is 0 Å². The molecule has 1 atom stereocenters. The van der Waals surface area contributed by atoms with E-state index in [0.717, 1.165) is 0 Å². The maximum atomic E-state index is 12.1. The van der Waals surface area contributed by atoms with Crippen molar-refractivity contribution in [2.45, 2.75) is 23.5 Å². The van der Waals surface area contributed by atoms with Crippen molar-refractivity contribution in [1.82, 2.24) is 5.32 Å². The molecule has 1 aromatic rings. The topological polar surface area (TPSA) is 72.5 Å². The summed E-state index contributed by atoms with van der Waals surface area (Å²) in [6.07, 6.45) is -6.24. The standard InChI is InChI=1S/C11H9ClF3NO4S/c12-21(18,19)6-1-2-9-7(3-6)8(5-20-9)16-10(17)4-11(13,14)15/h1-3,8H,4-5H2,(H,16,17). The lowest BCUT2D eigenvalue weighted by Crippen LogP contribution is -2.32. The molecule has 10 heteroatoms. The van der Waals surface area contributed by atoms with Crippen LogP contribution in [0, 0.1) is 0 Å². The molecule has 21 heavy (non-hydrogen) atoms. The van der Waals surface area contributed by atoms with E-state index < -0.39 is 33.6 Å². The molecule has 0 saturated carbocycles. The Balaban J connectivity index is 2.19. The fourth-order valence-corrected chi connectivity index (χ4v) is 2.68. The van der Waals surface area contributed by atoms with Gasteiger partial charge in [-0.05, 0) is 18.2 Å². The molecule has 1 unspecified atom stereocenters. The van der Waals surface area contributed by atoms with Crippen molar-refractivity contribution in [3.63, 3.8) is 0 Å². The SMILES string of the molecule is O=C(CC(F)(F)F)NC1COc2ccc(S(=O)(=O)Cl)cc21. The molecule has 1 aromatic carbocycles. The van der Waals surface area contributed by atoms with Gasteiger partial charge in [0.1, 0.15) is 18.8 Å². The number of rotatable bonds is 3. The summed E-state index contributed by atoms with van der Waals surface area (Å²) in [5, 5.41) is 2.15. The number of amides is 1. The summed E-state index contributed by atoms with van der Waals surface area (Å²) in [6.45, 7) is -0.0787. The third-order valence-corrected chi connectivity index (χ3v) is 4.09. The van der Waals surface area contributed by atoms with Crippen LogP contribution in [0.4, 0.5) is 13.2 Å². The lowest BCUT2D eigenvalue weighted by molar-refractivity contribution is -0.154. The monoisotopic (exact) mass is 343 g/mol. The Kier molecular flexibility index (Phi) is 4.07. The quantitative estimate of drug-likeness (QED) is 0.853. The summed E-state index contributed by atoms with van der Waals surface area (Å²) in [5.41, 5.74) is 0.271. The molecule has 116 valence electrons. The molecule has 2 rings (SSSR count). The molecule has 0 spiro atoms. The van der Waals surface area contributed by atoms with Gasteiger partial charge in [0.15, 0.2) is 0 Å². The predicted octanol–water partition coefficient (Wildman–Crippen LogP) is 2.12. The first kappa shape index (κ1) is 15.9. The van der Waals surface area contributed by atoms with Crippen molar-refractivity contribution in [3.8, 4) is 5.75 Å². The van der Waals surface area contributed by atoms with Gasteiger partial charge in [0.05, 0.1) is 10.9 Å². The second kappa shape index (κ2) is 5.38. The van der Waals surface area contributed by atoms with Crippen LogP contribution < -0.4 is 10.1 Å². The van der Waals surface area contributed by atoms with Crippen LogP contribution in [-0.2, 0) is 13.8 Å². The molecule has 0 aliphatic carbocycles. The van der Waals surface area contributed by atoms with E-state index >= 15 is 0 Å². The Morgan fingerprint density at radius 3 is 2.67 bits per heavy atom. The van der Waals surface area contributed by atoms with Crippen LogP contribution in [0.25, 0.3) is 0 Å². The number of hydrogen-bond acceptors (Lipinski definition) is 4. The van der Waals surface area contributed by atoms with Gasteiger partial charge in [-0.25, -0.2) is 8.42 Å². The van der Waals surface area contributed by atoms with Crippen LogP contribution in [0.1, 0.15) is 18.0 Å². The largest absolute Gasteiger partial charge is 0.491 e. The molecular formula is C11H9ClF3NO4S. The Bertz CT molecular complexity index is 675. The molecule has 1 N–H and O–H groups in total. The van der Waals surface area contributed by atoms with E-state index in [2.05, 4.69) is 5.32 Å². The Morgan fingerprint density at radius 1 is 1.43 bits per heavy atom. The van der Waals surface area contributed by atoms with E-state index in [-0.39, 0.29) is 22.8 Å². The molecule has 1 amide bonds. The minimum atomic E-state index is -4.62. The van der Waals surface area contributed by atoms with Crippen molar-refractivity contribution >= 4 is 25.6 Å². The summed E-state index contributed by atoms with van der Waals surface area (Å²) in [7, 11) is 1.21. The van der Waals surface area contributed by atoms with Crippen LogP contribution in [0.2, 0.25) is 0 Å². The Hall–Kier alpha value is -1.48. The number of fused-ring (bicyclic) bond motifs is 1. The van der Waals surface area contributed by atoms with E-state index in [0.29, 0.717) is 0 Å². The van der Waals surface area contributed by atoms with E-state index in [4.69, 9.17) is 15.4 Å². The first-order valence-corrected chi connectivity index (χ1v) is 7.95. The summed E-state index contributed by atoms with van der Waals surface area (Å²) < 4.78 is 64.0. The van der Waals surface area contributed by atoms with Gasteiger partial charge >= 0.3 is 6.18 Å². The number of nitrogens with one attached hydrogen (secondary N) is 1. The Labute approximate surface area is 122 Å². The summed E-state index contributed by atoms with van der Waals surface area (Å²) in [5.74, 6) is -0.931. The average molecular weight is 344 g/mol. The van der Waals surface area contributed by atoms with Gasteiger partial charge < -0.3 is 10.1 Å². The third kappa shape index (κ3) is 4.01. The van der Waals surface area contributed by atoms with Gasteiger partial charge in [-0.3, -0.25) is 4.79 Å². The maximum Gasteiger partial charge on any atom is 0.397 e. The molecular weight excluding hydrogens is 335 g/mol. The fourth-order valence-electron chi connectivity index (χ4n) is 1.89. The highest BCUT2D eigenvalue weighted by molar-refractivity contribution is 8.13. The molecule has 0 fully saturated rings. The minimum Gasteiger partial charge on any atom is -0.491 e. The van der Waals surface area contributed by atoms with Gasteiger partial charge in [0.2, 0.25) is 5.91 Å². The number of hydrogen-bond donors (Lipinski definition) is 1. The highest BCUT2D eigenvalue weighted by Crippen LogP contribution is 2.35. The van der Waals surface area contributed by atoms with E-state index in [1.54, 1.807) is 0 Å². The lowest BCUT2D eigenvalue weighted by atomic mass is 10.1. The van der Waals surface area contributed by atoms with Gasteiger partial charge in [0, 0.05) is 16.2 Å². The molecule has 0 radical (unpaired) electrons. The zero-order valence-corrected chi connectivity index (χ0v) is 11.8. The van der Waals surface area contributed by atoms with Crippen molar-refractivity contribution in [2.24, 2.45) is 0 Å². The van der Waals surface area contributed by atoms with Crippen LogP contribution >= 0.6 is 10.7 Å².